The van der Waals surface area contributed by atoms with Gasteiger partial charge in [-0.25, -0.2) is 4.98 Å². The number of benzene rings is 1. The third-order valence-corrected chi connectivity index (χ3v) is 3.49. The lowest BCUT2D eigenvalue weighted by atomic mass is 9.93. The van der Waals surface area contributed by atoms with E-state index in [0.29, 0.717) is 10.6 Å². The van der Waals surface area contributed by atoms with Gasteiger partial charge in [-0.15, -0.1) is 24.5 Å². The Kier molecular flexibility index (Phi) is 3.77. The molecule has 0 bridgehead atoms. The largest absolute Gasteiger partial charge is 0.573 e. The minimum atomic E-state index is -4.71. The molecule has 2 aromatic rings. The van der Waals surface area contributed by atoms with Crippen LogP contribution < -0.4 is 4.74 Å². The molecule has 0 aliphatic carbocycles. The molecule has 0 amide bonds. The number of alkyl halides is 3. The molecule has 0 spiro atoms. The fraction of sp³-hybridized carbons (Fsp3) is 0.357. The van der Waals surface area contributed by atoms with E-state index in [9.17, 15) is 13.2 Å². The van der Waals surface area contributed by atoms with Crippen LogP contribution in [-0.2, 0) is 5.41 Å². The molecule has 1 heterocycles. The summed E-state index contributed by atoms with van der Waals surface area (Å²) in [6.07, 6.45) is -4.71. The Morgan fingerprint density at radius 3 is 2.30 bits per heavy atom. The molecule has 108 valence electrons. The average Bonchev–Trinajstić information content (AvgIpc) is 2.76. The molecule has 1 aromatic carbocycles. The van der Waals surface area contributed by atoms with Crippen LogP contribution in [0.1, 0.15) is 26.5 Å². The van der Waals surface area contributed by atoms with Crippen molar-refractivity contribution in [3.63, 3.8) is 0 Å². The maximum atomic E-state index is 12.4. The Morgan fingerprint density at radius 2 is 1.75 bits per heavy atom. The lowest BCUT2D eigenvalue weighted by Gasteiger charge is -2.14. The molecule has 0 atom stereocenters. The van der Waals surface area contributed by atoms with Crippen LogP contribution in [0.4, 0.5) is 13.2 Å². The highest BCUT2D eigenvalue weighted by atomic mass is 32.1. The summed E-state index contributed by atoms with van der Waals surface area (Å²) < 4.78 is 41.2. The van der Waals surface area contributed by atoms with Crippen molar-refractivity contribution < 1.29 is 17.9 Å². The zero-order valence-corrected chi connectivity index (χ0v) is 12.1. The van der Waals surface area contributed by atoms with E-state index < -0.39 is 6.36 Å². The van der Waals surface area contributed by atoms with Gasteiger partial charge in [0.1, 0.15) is 10.8 Å². The highest BCUT2D eigenvalue weighted by Gasteiger charge is 2.32. The molecule has 0 saturated carbocycles. The van der Waals surface area contributed by atoms with Gasteiger partial charge in [0.2, 0.25) is 0 Å². The topological polar surface area (TPSA) is 22.1 Å². The predicted octanol–water partition coefficient (Wildman–Crippen LogP) is 5.01. The van der Waals surface area contributed by atoms with Crippen molar-refractivity contribution >= 4 is 11.3 Å². The van der Waals surface area contributed by atoms with Crippen LogP contribution in [-0.4, -0.2) is 11.3 Å². The van der Waals surface area contributed by atoms with Gasteiger partial charge in [0.15, 0.2) is 0 Å². The third kappa shape index (κ3) is 3.50. The smallest absolute Gasteiger partial charge is 0.405 e. The molecule has 2 nitrogen and oxygen atoms in total. The molecule has 6 heteroatoms. The van der Waals surface area contributed by atoms with Crippen LogP contribution in [0.3, 0.4) is 0 Å². The maximum absolute atomic E-state index is 12.4. The highest BCUT2D eigenvalue weighted by Crippen LogP contribution is 2.36. The number of hydrogen-bond acceptors (Lipinski definition) is 3. The van der Waals surface area contributed by atoms with Gasteiger partial charge in [-0.2, -0.15) is 0 Å². The van der Waals surface area contributed by atoms with Gasteiger partial charge in [0.05, 0.1) is 11.3 Å². The van der Waals surface area contributed by atoms with E-state index in [1.54, 1.807) is 12.1 Å². The van der Waals surface area contributed by atoms with Crippen LogP contribution >= 0.6 is 11.3 Å². The number of thiazole rings is 1. The molecule has 0 aliphatic heterocycles. The number of para-hydroxylation sites is 1. The summed E-state index contributed by atoms with van der Waals surface area (Å²) in [7, 11) is 0. The van der Waals surface area contributed by atoms with Crippen LogP contribution in [0.2, 0.25) is 0 Å². The first kappa shape index (κ1) is 14.8. The zero-order valence-electron chi connectivity index (χ0n) is 11.3. The standard InChI is InChI=1S/C14H14F3NOS/c1-13(2,3)11-8-20-12(18-11)9-6-4-5-7-10(9)19-14(15,16)17/h4-8H,1-3H3. The van der Waals surface area contributed by atoms with E-state index >= 15 is 0 Å². The summed E-state index contributed by atoms with van der Waals surface area (Å²) in [5.41, 5.74) is 1.05. The van der Waals surface area contributed by atoms with Crippen molar-refractivity contribution in [2.75, 3.05) is 0 Å². The molecule has 1 aromatic heterocycles. The van der Waals surface area contributed by atoms with Crippen LogP contribution in [0.25, 0.3) is 10.6 Å². The molecule has 20 heavy (non-hydrogen) atoms. The van der Waals surface area contributed by atoms with Crippen molar-refractivity contribution in [3.05, 3.63) is 35.3 Å². The first-order valence-electron chi connectivity index (χ1n) is 5.98. The average molecular weight is 301 g/mol. The molecular weight excluding hydrogens is 287 g/mol. The maximum Gasteiger partial charge on any atom is 0.573 e. The molecule has 2 rings (SSSR count). The number of nitrogens with zero attached hydrogens (tertiary/aromatic N) is 1. The number of rotatable bonds is 2. The summed E-state index contributed by atoms with van der Waals surface area (Å²) in [6, 6.07) is 6.03. The van der Waals surface area contributed by atoms with Gasteiger partial charge >= 0.3 is 6.36 Å². The van der Waals surface area contributed by atoms with E-state index in [1.807, 2.05) is 26.2 Å². The van der Waals surface area contributed by atoms with Gasteiger partial charge in [0, 0.05) is 10.8 Å². The molecule has 0 unspecified atom stereocenters. The Hall–Kier alpha value is -1.56. The third-order valence-electron chi connectivity index (χ3n) is 2.62. The van der Waals surface area contributed by atoms with E-state index in [4.69, 9.17) is 0 Å². The van der Waals surface area contributed by atoms with Crippen LogP contribution in [0.5, 0.6) is 5.75 Å². The lowest BCUT2D eigenvalue weighted by Crippen LogP contribution is -2.17. The van der Waals surface area contributed by atoms with Crippen molar-refractivity contribution in [2.45, 2.75) is 32.5 Å². The van der Waals surface area contributed by atoms with Crippen molar-refractivity contribution in [1.82, 2.24) is 4.98 Å². The van der Waals surface area contributed by atoms with E-state index in [-0.39, 0.29) is 11.2 Å². The quantitative estimate of drug-likeness (QED) is 0.778. The normalized spacial score (nSPS) is 12.5. The van der Waals surface area contributed by atoms with Crippen molar-refractivity contribution in [2.24, 2.45) is 0 Å². The van der Waals surface area contributed by atoms with Crippen molar-refractivity contribution in [3.8, 4) is 16.3 Å². The fourth-order valence-corrected chi connectivity index (χ4v) is 2.68. The summed E-state index contributed by atoms with van der Waals surface area (Å²) in [5, 5.41) is 2.38. The number of ether oxygens (including phenoxy) is 1. The minimum absolute atomic E-state index is 0.144. The number of aromatic nitrogens is 1. The lowest BCUT2D eigenvalue weighted by molar-refractivity contribution is -0.274. The van der Waals surface area contributed by atoms with E-state index in [2.05, 4.69) is 9.72 Å². The zero-order chi connectivity index (χ0) is 15.0. The van der Waals surface area contributed by atoms with Gasteiger partial charge in [-0.05, 0) is 12.1 Å². The van der Waals surface area contributed by atoms with Gasteiger partial charge < -0.3 is 4.74 Å². The fourth-order valence-electron chi connectivity index (χ4n) is 1.60. The second-order valence-electron chi connectivity index (χ2n) is 5.33. The molecule has 0 fully saturated rings. The summed E-state index contributed by atoms with van der Waals surface area (Å²) in [5.74, 6) is -0.227. The van der Waals surface area contributed by atoms with Crippen LogP contribution in [0.15, 0.2) is 29.6 Å². The Balaban J connectivity index is 2.40. The minimum Gasteiger partial charge on any atom is -0.405 e. The van der Waals surface area contributed by atoms with Crippen LogP contribution in [0, 0.1) is 0 Å². The highest BCUT2D eigenvalue weighted by molar-refractivity contribution is 7.13. The van der Waals surface area contributed by atoms with Gasteiger partial charge in [-0.1, -0.05) is 32.9 Å². The first-order chi connectivity index (χ1) is 9.17. The molecular formula is C14H14F3NOS. The number of halogens is 3. The van der Waals surface area contributed by atoms with Gasteiger partial charge in [0.25, 0.3) is 0 Å². The predicted molar refractivity (Wildman–Crippen MR) is 72.9 cm³/mol. The molecule has 0 radical (unpaired) electrons. The van der Waals surface area contributed by atoms with E-state index in [0.717, 1.165) is 5.69 Å². The summed E-state index contributed by atoms with van der Waals surface area (Å²) in [4.78, 5) is 4.41. The van der Waals surface area contributed by atoms with E-state index in [1.165, 1.54) is 23.5 Å². The second-order valence-corrected chi connectivity index (χ2v) is 6.19. The summed E-state index contributed by atoms with van der Waals surface area (Å²) in [6.45, 7) is 6.01. The number of hydrogen-bond donors (Lipinski definition) is 0. The molecule has 0 saturated heterocycles. The first-order valence-corrected chi connectivity index (χ1v) is 6.86. The molecule has 0 N–H and O–H groups in total. The van der Waals surface area contributed by atoms with Gasteiger partial charge in [-0.3, -0.25) is 0 Å². The summed E-state index contributed by atoms with van der Waals surface area (Å²) >= 11 is 1.31. The monoisotopic (exact) mass is 301 g/mol. The second kappa shape index (κ2) is 5.09. The Labute approximate surface area is 119 Å². The van der Waals surface area contributed by atoms with Crippen molar-refractivity contribution in [1.29, 1.82) is 0 Å². The Morgan fingerprint density at radius 1 is 1.10 bits per heavy atom. The Bertz CT molecular complexity index is 599. The molecule has 0 aliphatic rings. The SMILES string of the molecule is CC(C)(C)c1csc(-c2ccccc2OC(F)(F)F)n1.